The van der Waals surface area contributed by atoms with Gasteiger partial charge in [0.15, 0.2) is 0 Å². The molecule has 2 heteroatoms. The molecule has 0 aliphatic rings. The number of hydrogen-bond acceptors (Lipinski definition) is 0. The minimum absolute atomic E-state index is 1.17. The van der Waals surface area contributed by atoms with Crippen molar-refractivity contribution in [3.05, 3.63) is 181 Å². The molecule has 2 aromatic heterocycles. The molecular formula is C47H32N2. The van der Waals surface area contributed by atoms with E-state index in [9.17, 15) is 0 Å². The smallest absolute Gasteiger partial charge is 0.0547 e. The molecule has 0 saturated heterocycles. The van der Waals surface area contributed by atoms with E-state index in [4.69, 9.17) is 0 Å². The molecule has 0 atom stereocenters. The van der Waals surface area contributed by atoms with Gasteiger partial charge in [0, 0.05) is 32.9 Å². The van der Waals surface area contributed by atoms with Crippen LogP contribution in [0.2, 0.25) is 0 Å². The van der Waals surface area contributed by atoms with Crippen LogP contribution in [-0.2, 0) is 0 Å². The van der Waals surface area contributed by atoms with Crippen molar-refractivity contribution in [2.75, 3.05) is 0 Å². The third-order valence-corrected chi connectivity index (χ3v) is 10.1. The number of aromatic nitrogens is 2. The summed E-state index contributed by atoms with van der Waals surface area (Å²) in [5, 5.41) is 7.64. The largest absolute Gasteiger partial charge is 0.309 e. The molecule has 230 valence electrons. The van der Waals surface area contributed by atoms with Gasteiger partial charge in [-0.15, -0.1) is 0 Å². The first kappa shape index (κ1) is 27.7. The molecule has 0 spiro atoms. The molecule has 10 rings (SSSR count). The maximum Gasteiger partial charge on any atom is 0.0547 e. The lowest BCUT2D eigenvalue weighted by molar-refractivity contribution is 1.18. The molecule has 2 heterocycles. The van der Waals surface area contributed by atoms with Gasteiger partial charge >= 0.3 is 0 Å². The second-order valence-corrected chi connectivity index (χ2v) is 13.1. The lowest BCUT2D eigenvalue weighted by Crippen LogP contribution is -1.93. The molecular weight excluding hydrogens is 593 g/mol. The standard InChI is InChI=1S/C47H32N2/c1-31-26-35(33-21-23-44-41(29-33)40-18-10-11-19-43(40)48(44)37-13-4-2-5-14-37)28-36(27-31)34-22-24-45-42(30-34)47-39-17-9-8-12-32(39)20-25-46(47)49(45)38-15-6-3-7-16-38/h2-30H,1H3. The molecule has 8 aromatic carbocycles. The average Bonchev–Trinajstić information content (AvgIpc) is 3.68. The minimum atomic E-state index is 1.17. The Bertz CT molecular complexity index is 2870. The zero-order valence-corrected chi connectivity index (χ0v) is 27.1. The van der Waals surface area contributed by atoms with Crippen molar-refractivity contribution in [2.24, 2.45) is 0 Å². The fraction of sp³-hybridized carbons (Fsp3) is 0.0213. The maximum absolute atomic E-state index is 2.41. The highest BCUT2D eigenvalue weighted by Crippen LogP contribution is 2.40. The van der Waals surface area contributed by atoms with Crippen LogP contribution in [0.3, 0.4) is 0 Å². The van der Waals surface area contributed by atoms with Crippen LogP contribution in [0.1, 0.15) is 5.56 Å². The molecule has 0 bridgehead atoms. The fourth-order valence-electron chi connectivity index (χ4n) is 7.95. The highest BCUT2D eigenvalue weighted by Gasteiger charge is 2.17. The van der Waals surface area contributed by atoms with Gasteiger partial charge < -0.3 is 9.13 Å². The van der Waals surface area contributed by atoms with E-state index >= 15 is 0 Å². The van der Waals surface area contributed by atoms with Gasteiger partial charge in [0.1, 0.15) is 0 Å². The van der Waals surface area contributed by atoms with Crippen molar-refractivity contribution in [3.63, 3.8) is 0 Å². The molecule has 0 aliphatic carbocycles. The predicted molar refractivity (Wildman–Crippen MR) is 208 cm³/mol. The Balaban J connectivity index is 1.16. The lowest BCUT2D eigenvalue weighted by Gasteiger charge is -2.11. The van der Waals surface area contributed by atoms with Gasteiger partial charge in [0.05, 0.1) is 22.1 Å². The first-order valence-electron chi connectivity index (χ1n) is 16.9. The molecule has 49 heavy (non-hydrogen) atoms. The maximum atomic E-state index is 2.41. The SMILES string of the molecule is Cc1cc(-c2ccc3c(c2)c2ccccc2n3-c2ccccc2)cc(-c2ccc3c(c2)c2c4ccccc4ccc2n3-c2ccccc2)c1. The van der Waals surface area contributed by atoms with E-state index in [2.05, 4.69) is 192 Å². The van der Waals surface area contributed by atoms with Crippen LogP contribution in [0.15, 0.2) is 176 Å². The van der Waals surface area contributed by atoms with E-state index in [0.29, 0.717) is 0 Å². The zero-order valence-electron chi connectivity index (χ0n) is 27.1. The normalized spacial score (nSPS) is 11.8. The number of benzene rings is 8. The number of para-hydroxylation sites is 3. The number of fused-ring (bicyclic) bond motifs is 8. The predicted octanol–water partition coefficient (Wildman–Crippen LogP) is 12.7. The van der Waals surface area contributed by atoms with Gasteiger partial charge in [-0.3, -0.25) is 0 Å². The second-order valence-electron chi connectivity index (χ2n) is 13.1. The molecule has 0 N–H and O–H groups in total. The Morgan fingerprint density at radius 2 is 0.837 bits per heavy atom. The van der Waals surface area contributed by atoms with Crippen molar-refractivity contribution >= 4 is 54.4 Å². The number of rotatable bonds is 4. The van der Waals surface area contributed by atoms with Gasteiger partial charge in [0.25, 0.3) is 0 Å². The van der Waals surface area contributed by atoms with Crippen molar-refractivity contribution in [2.45, 2.75) is 6.92 Å². The monoisotopic (exact) mass is 624 g/mol. The van der Waals surface area contributed by atoms with Crippen LogP contribution in [-0.4, -0.2) is 9.13 Å². The van der Waals surface area contributed by atoms with Crippen LogP contribution in [0.5, 0.6) is 0 Å². The summed E-state index contributed by atoms with van der Waals surface area (Å²) in [6.45, 7) is 2.21. The molecule has 0 aliphatic heterocycles. The average molecular weight is 625 g/mol. The van der Waals surface area contributed by atoms with Gasteiger partial charge in [-0.25, -0.2) is 0 Å². The molecule has 0 amide bonds. The van der Waals surface area contributed by atoms with E-state index in [1.807, 2.05) is 0 Å². The number of nitrogens with zero attached hydrogens (tertiary/aromatic N) is 2. The Morgan fingerprint density at radius 3 is 1.53 bits per heavy atom. The van der Waals surface area contributed by atoms with Gasteiger partial charge in [0.2, 0.25) is 0 Å². The van der Waals surface area contributed by atoms with E-state index in [1.54, 1.807) is 0 Å². The van der Waals surface area contributed by atoms with E-state index in [1.165, 1.54) is 93.6 Å². The van der Waals surface area contributed by atoms with Crippen LogP contribution in [0.25, 0.3) is 88.0 Å². The summed E-state index contributed by atoms with van der Waals surface area (Å²) in [7, 11) is 0. The van der Waals surface area contributed by atoms with Crippen LogP contribution in [0.4, 0.5) is 0 Å². The molecule has 0 radical (unpaired) electrons. The summed E-state index contributed by atoms with van der Waals surface area (Å²) < 4.78 is 4.78. The summed E-state index contributed by atoms with van der Waals surface area (Å²) in [6, 6.07) is 64.3. The Labute approximate surface area is 284 Å². The van der Waals surface area contributed by atoms with E-state index in [0.717, 1.165) is 0 Å². The summed E-state index contributed by atoms with van der Waals surface area (Å²) in [5.74, 6) is 0. The quantitative estimate of drug-likeness (QED) is 0.184. The first-order chi connectivity index (χ1) is 24.2. The third kappa shape index (κ3) is 4.35. The molecule has 2 nitrogen and oxygen atoms in total. The summed E-state index contributed by atoms with van der Waals surface area (Å²) >= 11 is 0. The highest BCUT2D eigenvalue weighted by atomic mass is 15.0. The fourth-order valence-corrected chi connectivity index (χ4v) is 7.95. The Hall–Kier alpha value is -6.38. The highest BCUT2D eigenvalue weighted by molar-refractivity contribution is 6.22. The van der Waals surface area contributed by atoms with Gasteiger partial charge in [-0.2, -0.15) is 0 Å². The number of hydrogen-bond donors (Lipinski definition) is 0. The zero-order chi connectivity index (χ0) is 32.5. The van der Waals surface area contributed by atoms with Crippen LogP contribution in [0, 0.1) is 6.92 Å². The molecule has 10 aromatic rings. The van der Waals surface area contributed by atoms with Crippen LogP contribution >= 0.6 is 0 Å². The van der Waals surface area contributed by atoms with Crippen LogP contribution < -0.4 is 0 Å². The van der Waals surface area contributed by atoms with Crippen molar-refractivity contribution < 1.29 is 0 Å². The van der Waals surface area contributed by atoms with E-state index < -0.39 is 0 Å². The third-order valence-electron chi connectivity index (χ3n) is 10.1. The van der Waals surface area contributed by atoms with Gasteiger partial charge in [-0.05, 0) is 112 Å². The number of aryl methyl sites for hydroxylation is 1. The lowest BCUT2D eigenvalue weighted by atomic mass is 9.94. The second kappa shape index (κ2) is 10.8. The summed E-state index contributed by atoms with van der Waals surface area (Å²) in [4.78, 5) is 0. The summed E-state index contributed by atoms with van der Waals surface area (Å²) in [5.41, 5.74) is 13.4. The molecule has 0 fully saturated rings. The first-order valence-corrected chi connectivity index (χ1v) is 16.9. The minimum Gasteiger partial charge on any atom is -0.309 e. The van der Waals surface area contributed by atoms with Crippen molar-refractivity contribution in [3.8, 4) is 33.6 Å². The van der Waals surface area contributed by atoms with Crippen molar-refractivity contribution in [1.82, 2.24) is 9.13 Å². The molecule has 0 saturated carbocycles. The molecule has 0 unspecified atom stereocenters. The van der Waals surface area contributed by atoms with E-state index in [-0.39, 0.29) is 0 Å². The Morgan fingerprint density at radius 1 is 0.327 bits per heavy atom. The Kier molecular flexibility index (Phi) is 6.13. The van der Waals surface area contributed by atoms with Crippen molar-refractivity contribution in [1.29, 1.82) is 0 Å². The van der Waals surface area contributed by atoms with Gasteiger partial charge in [-0.1, -0.05) is 109 Å². The topological polar surface area (TPSA) is 9.86 Å². The summed E-state index contributed by atoms with van der Waals surface area (Å²) in [6.07, 6.45) is 0.